The van der Waals surface area contributed by atoms with Gasteiger partial charge in [0.1, 0.15) is 11.6 Å². The number of unbranched alkanes of at least 4 members (excludes halogenated alkanes) is 1. The zero-order chi connectivity index (χ0) is 26.6. The molecule has 0 spiro atoms. The molecule has 2 N–H and O–H groups in total. The van der Waals surface area contributed by atoms with E-state index in [1.165, 1.54) is 75.8 Å². The molecule has 1 aliphatic carbocycles. The Morgan fingerprint density at radius 1 is 0.744 bits per heavy atom. The molecule has 4 rings (SSSR count). The van der Waals surface area contributed by atoms with Crippen LogP contribution in [-0.2, 0) is 4.79 Å². The van der Waals surface area contributed by atoms with Gasteiger partial charge in [-0.3, -0.25) is 4.79 Å². The third-order valence-electron chi connectivity index (χ3n) is 8.05. The Kier molecular flexibility index (Phi) is 13.4. The molecule has 0 atom stereocenters. The first-order valence-electron chi connectivity index (χ1n) is 14.5. The first kappa shape index (κ1) is 31.3. The van der Waals surface area contributed by atoms with Gasteiger partial charge in [-0.15, -0.1) is 12.4 Å². The number of hydrogen-bond acceptors (Lipinski definition) is 3. The van der Waals surface area contributed by atoms with Gasteiger partial charge in [-0.25, -0.2) is 8.78 Å². The SMILES string of the molecule is Cl.O=C(C=C(c1ccc(F)cc1)c1ccc(F)cc1)N1CCC(CNCCCCNCC2CCCCC2)CC1. The summed E-state index contributed by atoms with van der Waals surface area (Å²) in [7, 11) is 0. The lowest BCUT2D eigenvalue weighted by Gasteiger charge is -2.31. The summed E-state index contributed by atoms with van der Waals surface area (Å²) in [4.78, 5) is 15.1. The Morgan fingerprint density at radius 2 is 1.21 bits per heavy atom. The number of nitrogens with one attached hydrogen (secondary N) is 2. The van der Waals surface area contributed by atoms with Crippen molar-refractivity contribution in [2.24, 2.45) is 11.8 Å². The van der Waals surface area contributed by atoms with Crippen LogP contribution in [0.4, 0.5) is 8.78 Å². The smallest absolute Gasteiger partial charge is 0.247 e. The molecular formula is C32H44ClF2N3O. The van der Waals surface area contributed by atoms with Crippen LogP contribution in [0, 0.1) is 23.5 Å². The van der Waals surface area contributed by atoms with Crippen LogP contribution in [0.1, 0.15) is 68.9 Å². The number of carbonyl (C=O) groups is 1. The Morgan fingerprint density at radius 3 is 1.69 bits per heavy atom. The number of amides is 1. The molecule has 2 aromatic rings. The summed E-state index contributed by atoms with van der Waals surface area (Å²) in [5.74, 6) is 0.760. The number of hydrogen-bond donors (Lipinski definition) is 2. The van der Waals surface area contributed by atoms with E-state index < -0.39 is 0 Å². The van der Waals surface area contributed by atoms with Crippen LogP contribution in [0.2, 0.25) is 0 Å². The monoisotopic (exact) mass is 559 g/mol. The van der Waals surface area contributed by atoms with Crippen molar-refractivity contribution in [3.8, 4) is 0 Å². The maximum atomic E-state index is 13.5. The maximum absolute atomic E-state index is 13.5. The van der Waals surface area contributed by atoms with E-state index in [9.17, 15) is 13.6 Å². The second-order valence-corrected chi connectivity index (χ2v) is 11.0. The van der Waals surface area contributed by atoms with E-state index in [4.69, 9.17) is 0 Å². The predicted octanol–water partition coefficient (Wildman–Crippen LogP) is 6.60. The molecule has 1 saturated carbocycles. The molecule has 1 amide bonds. The van der Waals surface area contributed by atoms with Crippen LogP contribution >= 0.6 is 12.4 Å². The van der Waals surface area contributed by atoms with Crippen LogP contribution < -0.4 is 10.6 Å². The van der Waals surface area contributed by atoms with Gasteiger partial charge in [-0.2, -0.15) is 0 Å². The highest BCUT2D eigenvalue weighted by Crippen LogP contribution is 2.26. The normalized spacial score (nSPS) is 16.5. The van der Waals surface area contributed by atoms with Gasteiger partial charge in [0, 0.05) is 19.2 Å². The van der Waals surface area contributed by atoms with E-state index in [0.717, 1.165) is 62.6 Å². The van der Waals surface area contributed by atoms with E-state index in [1.807, 2.05) is 4.90 Å². The van der Waals surface area contributed by atoms with Gasteiger partial charge < -0.3 is 15.5 Å². The first-order chi connectivity index (χ1) is 18.6. The molecule has 0 bridgehead atoms. The van der Waals surface area contributed by atoms with Crippen molar-refractivity contribution >= 4 is 23.9 Å². The molecule has 0 unspecified atom stereocenters. The van der Waals surface area contributed by atoms with Gasteiger partial charge in [0.25, 0.3) is 0 Å². The van der Waals surface area contributed by atoms with Crippen molar-refractivity contribution < 1.29 is 13.6 Å². The summed E-state index contributed by atoms with van der Waals surface area (Å²) in [5, 5.41) is 7.27. The van der Waals surface area contributed by atoms with Crippen molar-refractivity contribution in [3.63, 3.8) is 0 Å². The standard InChI is InChI=1S/C32H43F2N3O.ClH/c33-29-12-8-27(9-13-29)31(28-10-14-30(34)15-11-28)22-32(38)37-20-16-26(17-21-37)24-36-19-5-4-18-35-23-25-6-2-1-3-7-25;/h8-15,22,25-26,35-36H,1-7,16-21,23-24H2;1H. The van der Waals surface area contributed by atoms with Gasteiger partial charge in [-0.05, 0) is 118 Å². The van der Waals surface area contributed by atoms with Crippen LogP contribution in [0.3, 0.4) is 0 Å². The minimum Gasteiger partial charge on any atom is -0.339 e. The topological polar surface area (TPSA) is 44.4 Å². The number of rotatable bonds is 12. The average Bonchev–Trinajstić information content (AvgIpc) is 2.95. The van der Waals surface area contributed by atoms with Gasteiger partial charge in [0.15, 0.2) is 0 Å². The summed E-state index contributed by atoms with van der Waals surface area (Å²) < 4.78 is 27.0. The second kappa shape index (κ2) is 16.7. The molecule has 2 fully saturated rings. The fraction of sp³-hybridized carbons (Fsp3) is 0.531. The molecule has 1 heterocycles. The Hall–Kier alpha value is -2.28. The number of carbonyl (C=O) groups excluding carboxylic acids is 1. The quantitative estimate of drug-likeness (QED) is 0.227. The highest BCUT2D eigenvalue weighted by molar-refractivity contribution is 5.99. The van der Waals surface area contributed by atoms with Crippen molar-refractivity contribution in [1.29, 1.82) is 0 Å². The zero-order valence-corrected chi connectivity index (χ0v) is 23.8. The maximum Gasteiger partial charge on any atom is 0.247 e. The highest BCUT2D eigenvalue weighted by Gasteiger charge is 2.22. The van der Waals surface area contributed by atoms with Gasteiger partial charge in [-0.1, -0.05) is 43.5 Å². The van der Waals surface area contributed by atoms with E-state index in [0.29, 0.717) is 11.5 Å². The van der Waals surface area contributed by atoms with Crippen LogP contribution in [0.25, 0.3) is 5.57 Å². The highest BCUT2D eigenvalue weighted by atomic mass is 35.5. The fourth-order valence-electron chi connectivity index (χ4n) is 5.67. The molecule has 7 heteroatoms. The Bertz CT molecular complexity index is 967. The average molecular weight is 560 g/mol. The third-order valence-corrected chi connectivity index (χ3v) is 8.05. The zero-order valence-electron chi connectivity index (χ0n) is 23.0. The summed E-state index contributed by atoms with van der Waals surface area (Å²) in [6.45, 7) is 5.81. The number of halogens is 3. The molecule has 1 aliphatic heterocycles. The number of likely N-dealkylation sites (tertiary alicyclic amines) is 1. The van der Waals surface area contributed by atoms with Crippen LogP contribution in [0.5, 0.6) is 0 Å². The molecule has 39 heavy (non-hydrogen) atoms. The summed E-state index contributed by atoms with van der Waals surface area (Å²) in [5.41, 5.74) is 2.14. The lowest BCUT2D eigenvalue weighted by Crippen LogP contribution is -2.40. The van der Waals surface area contributed by atoms with Gasteiger partial charge in [0.05, 0.1) is 0 Å². The molecule has 2 aromatic carbocycles. The van der Waals surface area contributed by atoms with E-state index in [2.05, 4.69) is 10.6 Å². The minimum atomic E-state index is -0.333. The predicted molar refractivity (Wildman–Crippen MR) is 158 cm³/mol. The van der Waals surface area contributed by atoms with Gasteiger partial charge in [0.2, 0.25) is 5.91 Å². The minimum absolute atomic E-state index is 0. The van der Waals surface area contributed by atoms with Crippen molar-refractivity contribution in [3.05, 3.63) is 77.4 Å². The fourth-order valence-corrected chi connectivity index (χ4v) is 5.67. The number of piperidine rings is 1. The summed E-state index contributed by atoms with van der Waals surface area (Å²) >= 11 is 0. The lowest BCUT2D eigenvalue weighted by atomic mass is 9.89. The third kappa shape index (κ3) is 10.3. The molecule has 0 radical (unpaired) electrons. The van der Waals surface area contributed by atoms with Crippen LogP contribution in [-0.4, -0.2) is 50.1 Å². The second-order valence-electron chi connectivity index (χ2n) is 11.0. The van der Waals surface area contributed by atoms with Crippen molar-refractivity contribution in [2.45, 2.75) is 57.8 Å². The molecule has 4 nitrogen and oxygen atoms in total. The van der Waals surface area contributed by atoms with E-state index in [-0.39, 0.29) is 29.9 Å². The van der Waals surface area contributed by atoms with E-state index in [1.54, 1.807) is 30.3 Å². The van der Waals surface area contributed by atoms with Crippen LogP contribution in [0.15, 0.2) is 54.6 Å². The first-order valence-corrected chi connectivity index (χ1v) is 14.5. The van der Waals surface area contributed by atoms with E-state index >= 15 is 0 Å². The summed E-state index contributed by atoms with van der Waals surface area (Å²) in [6.07, 6.45) is 13.0. The molecular weight excluding hydrogens is 516 g/mol. The molecule has 1 saturated heterocycles. The Labute approximate surface area is 239 Å². The molecule has 2 aliphatic rings. The van der Waals surface area contributed by atoms with Gasteiger partial charge >= 0.3 is 0 Å². The number of benzene rings is 2. The summed E-state index contributed by atoms with van der Waals surface area (Å²) in [6, 6.07) is 12.1. The number of nitrogens with zero attached hydrogens (tertiary/aromatic N) is 1. The molecule has 0 aromatic heterocycles. The largest absolute Gasteiger partial charge is 0.339 e. The van der Waals surface area contributed by atoms with Crippen molar-refractivity contribution in [2.75, 3.05) is 39.3 Å². The lowest BCUT2D eigenvalue weighted by molar-refractivity contribution is -0.127. The van der Waals surface area contributed by atoms with Crippen molar-refractivity contribution in [1.82, 2.24) is 15.5 Å². The molecule has 214 valence electrons. The Balaban J connectivity index is 0.00000420.